The number of nitrogens with one attached hydrogen (secondary N) is 1. The van der Waals surface area contributed by atoms with Gasteiger partial charge in [0.1, 0.15) is 10.8 Å². The highest BCUT2D eigenvalue weighted by Gasteiger charge is 2.20. The molecule has 3 aromatic heterocycles. The van der Waals surface area contributed by atoms with Crippen LogP contribution in [0.2, 0.25) is 20.2 Å². The molecule has 0 saturated carbocycles. The van der Waals surface area contributed by atoms with Crippen LogP contribution in [-0.2, 0) is 0 Å². The first-order valence-corrected chi connectivity index (χ1v) is 9.36. The number of imidazole rings is 1. The topological polar surface area (TPSA) is 72.2 Å². The van der Waals surface area contributed by atoms with Crippen molar-refractivity contribution in [2.75, 3.05) is 5.32 Å². The van der Waals surface area contributed by atoms with Gasteiger partial charge in [-0.15, -0.1) is 0 Å². The molecule has 10 heteroatoms. The summed E-state index contributed by atoms with van der Waals surface area (Å²) >= 11 is 23.8. The van der Waals surface area contributed by atoms with Crippen LogP contribution in [0.15, 0.2) is 48.9 Å². The number of hydrogen-bond acceptors (Lipinski definition) is 4. The quantitative estimate of drug-likeness (QED) is 0.407. The van der Waals surface area contributed by atoms with Crippen molar-refractivity contribution in [3.05, 3.63) is 74.8 Å². The van der Waals surface area contributed by atoms with Crippen molar-refractivity contribution in [1.82, 2.24) is 19.4 Å². The van der Waals surface area contributed by atoms with Crippen molar-refractivity contribution in [2.24, 2.45) is 0 Å². The third-order valence-corrected chi connectivity index (χ3v) is 5.55. The Balaban J connectivity index is 1.57. The molecule has 0 aliphatic heterocycles. The van der Waals surface area contributed by atoms with Crippen LogP contribution < -0.4 is 5.32 Å². The van der Waals surface area contributed by atoms with Gasteiger partial charge in [-0.3, -0.25) is 9.20 Å². The summed E-state index contributed by atoms with van der Waals surface area (Å²) in [5.74, 6) is 0.0437. The molecule has 1 aromatic carbocycles. The molecule has 0 atom stereocenters. The molecule has 0 unspecified atom stereocenters. The molecule has 0 spiro atoms. The minimum Gasteiger partial charge on any atom is -0.321 e. The van der Waals surface area contributed by atoms with E-state index in [4.69, 9.17) is 46.4 Å². The molecule has 0 aliphatic rings. The minimum atomic E-state index is -0.560. The van der Waals surface area contributed by atoms with E-state index in [1.54, 1.807) is 18.3 Å². The van der Waals surface area contributed by atoms with Gasteiger partial charge in [0.05, 0.1) is 20.8 Å². The molecular weight excluding hydrogens is 444 g/mol. The number of hydrogen-bond donors (Lipinski definition) is 1. The van der Waals surface area contributed by atoms with Crippen molar-refractivity contribution >= 4 is 63.8 Å². The predicted octanol–water partition coefficient (Wildman–Crippen LogP) is 5.66. The van der Waals surface area contributed by atoms with E-state index in [9.17, 15) is 4.79 Å². The largest absolute Gasteiger partial charge is 0.321 e. The van der Waals surface area contributed by atoms with Crippen LogP contribution in [0, 0.1) is 0 Å². The highest BCUT2D eigenvalue weighted by atomic mass is 35.5. The maximum absolute atomic E-state index is 12.5. The number of fused-ring (bicyclic) bond motifs is 1. The highest BCUT2D eigenvalue weighted by molar-refractivity contribution is 6.52. The summed E-state index contributed by atoms with van der Waals surface area (Å²) in [7, 11) is 0. The van der Waals surface area contributed by atoms with E-state index in [0.29, 0.717) is 11.5 Å². The lowest BCUT2D eigenvalue weighted by atomic mass is 10.1. The Labute approximate surface area is 179 Å². The lowest BCUT2D eigenvalue weighted by Gasteiger charge is -2.09. The molecule has 3 heterocycles. The van der Waals surface area contributed by atoms with Gasteiger partial charge < -0.3 is 5.32 Å². The normalized spacial score (nSPS) is 11.0. The van der Waals surface area contributed by atoms with Crippen LogP contribution in [0.25, 0.3) is 17.0 Å². The molecule has 4 aromatic rings. The highest BCUT2D eigenvalue weighted by Crippen LogP contribution is 2.36. The second kappa shape index (κ2) is 7.56. The van der Waals surface area contributed by atoms with Gasteiger partial charge in [0, 0.05) is 29.8 Å². The molecule has 0 bridgehead atoms. The van der Waals surface area contributed by atoms with Crippen molar-refractivity contribution in [3.63, 3.8) is 0 Å². The number of anilines is 1. The summed E-state index contributed by atoms with van der Waals surface area (Å²) in [6.45, 7) is 0. The number of benzene rings is 1. The zero-order valence-corrected chi connectivity index (χ0v) is 16.9. The monoisotopic (exact) mass is 451 g/mol. The molecule has 0 aliphatic carbocycles. The number of pyridine rings is 1. The first kappa shape index (κ1) is 19.0. The van der Waals surface area contributed by atoms with Crippen molar-refractivity contribution in [2.45, 2.75) is 0 Å². The van der Waals surface area contributed by atoms with Gasteiger partial charge in [-0.25, -0.2) is 15.0 Å². The predicted molar refractivity (Wildman–Crippen MR) is 111 cm³/mol. The van der Waals surface area contributed by atoms with Gasteiger partial charge in [-0.05, 0) is 18.2 Å². The van der Waals surface area contributed by atoms with E-state index in [1.807, 2.05) is 35.0 Å². The van der Waals surface area contributed by atoms with Gasteiger partial charge in [-0.1, -0.05) is 58.5 Å². The summed E-state index contributed by atoms with van der Waals surface area (Å²) in [6.07, 6.45) is 5.42. The Morgan fingerprint density at radius 2 is 1.71 bits per heavy atom. The molecular formula is C18H9Cl4N5O. The summed E-state index contributed by atoms with van der Waals surface area (Å²) in [5.41, 5.74) is 2.06. The summed E-state index contributed by atoms with van der Waals surface area (Å²) in [6, 6.07) is 8.95. The number of carbonyl (C=O) groups is 1. The van der Waals surface area contributed by atoms with Crippen LogP contribution in [0.1, 0.15) is 10.5 Å². The number of nitrogens with zero attached hydrogens (tertiary/aromatic N) is 4. The van der Waals surface area contributed by atoms with Crippen LogP contribution >= 0.6 is 46.4 Å². The Bertz CT molecular complexity index is 1170. The van der Waals surface area contributed by atoms with E-state index in [-0.39, 0.29) is 25.9 Å². The fraction of sp³-hybridized carbons (Fsp3) is 0. The summed E-state index contributed by atoms with van der Waals surface area (Å²) in [5, 5.41) is 2.50. The first-order valence-electron chi connectivity index (χ1n) is 7.85. The van der Waals surface area contributed by atoms with Crippen molar-refractivity contribution < 1.29 is 4.79 Å². The zero-order chi connectivity index (χ0) is 19.8. The molecule has 0 fully saturated rings. The summed E-state index contributed by atoms with van der Waals surface area (Å²) < 4.78 is 1.83. The summed E-state index contributed by atoms with van der Waals surface area (Å²) in [4.78, 5) is 25.0. The third kappa shape index (κ3) is 3.52. The molecule has 140 valence electrons. The lowest BCUT2D eigenvalue weighted by molar-refractivity contribution is 0.102. The van der Waals surface area contributed by atoms with Gasteiger partial charge in [0.25, 0.3) is 5.91 Å². The van der Waals surface area contributed by atoms with E-state index in [1.165, 1.54) is 0 Å². The average Bonchev–Trinajstić information content (AvgIpc) is 3.14. The van der Waals surface area contributed by atoms with Crippen molar-refractivity contribution in [1.29, 1.82) is 0 Å². The van der Waals surface area contributed by atoms with Crippen LogP contribution in [0.4, 0.5) is 5.69 Å². The Morgan fingerprint density at radius 1 is 0.964 bits per heavy atom. The second-order valence-electron chi connectivity index (χ2n) is 5.68. The van der Waals surface area contributed by atoms with Crippen molar-refractivity contribution in [3.8, 4) is 11.3 Å². The van der Waals surface area contributed by atoms with E-state index in [0.717, 1.165) is 11.3 Å². The number of amides is 1. The maximum atomic E-state index is 12.5. The number of rotatable bonds is 3. The number of aromatic nitrogens is 4. The Kier molecular flexibility index (Phi) is 5.12. The molecule has 0 saturated heterocycles. The van der Waals surface area contributed by atoms with Gasteiger partial charge >= 0.3 is 0 Å². The second-order valence-corrected chi connectivity index (χ2v) is 7.17. The Hall–Kier alpha value is -2.38. The van der Waals surface area contributed by atoms with E-state index in [2.05, 4.69) is 20.3 Å². The molecule has 1 amide bonds. The van der Waals surface area contributed by atoms with Crippen LogP contribution in [-0.4, -0.2) is 25.3 Å². The molecule has 4 rings (SSSR count). The molecule has 6 nitrogen and oxygen atoms in total. The SMILES string of the molecule is O=C(Nc1ccc(-c2cn3cccnc3n2)cc1)c1nc(Cl)c(Cl)c(Cl)c1Cl. The van der Waals surface area contributed by atoms with E-state index < -0.39 is 5.91 Å². The maximum Gasteiger partial charge on any atom is 0.275 e. The first-order chi connectivity index (χ1) is 13.4. The minimum absolute atomic E-state index is 0.00354. The molecule has 1 N–H and O–H groups in total. The van der Waals surface area contributed by atoms with Gasteiger partial charge in [0.15, 0.2) is 0 Å². The van der Waals surface area contributed by atoms with E-state index >= 15 is 0 Å². The standard InChI is InChI=1S/C18H9Cl4N5O/c19-12-13(20)15(26-16(22)14(12)21)17(28)24-10-4-2-9(3-5-10)11-8-27-7-1-6-23-18(27)25-11/h1-8H,(H,24,28). The average molecular weight is 453 g/mol. The number of halogens is 4. The fourth-order valence-corrected chi connectivity index (χ4v) is 3.34. The smallest absolute Gasteiger partial charge is 0.275 e. The lowest BCUT2D eigenvalue weighted by Crippen LogP contribution is -2.14. The molecule has 0 radical (unpaired) electrons. The van der Waals surface area contributed by atoms with Gasteiger partial charge in [-0.2, -0.15) is 0 Å². The third-order valence-electron chi connectivity index (χ3n) is 3.87. The molecule has 28 heavy (non-hydrogen) atoms. The van der Waals surface area contributed by atoms with Crippen LogP contribution in [0.5, 0.6) is 0 Å². The number of carbonyl (C=O) groups excluding carboxylic acids is 1. The fourth-order valence-electron chi connectivity index (χ4n) is 2.52. The Morgan fingerprint density at radius 3 is 2.43 bits per heavy atom. The zero-order valence-electron chi connectivity index (χ0n) is 13.8. The van der Waals surface area contributed by atoms with Gasteiger partial charge in [0.2, 0.25) is 5.78 Å². The van der Waals surface area contributed by atoms with Crippen LogP contribution in [0.3, 0.4) is 0 Å².